The van der Waals surface area contributed by atoms with E-state index in [1.807, 2.05) is 54.9 Å². The fraction of sp³-hybridized carbons (Fsp3) is 0.105. The van der Waals surface area contributed by atoms with Crippen LogP contribution in [0.5, 0.6) is 0 Å². The number of aryl methyl sites for hydroxylation is 2. The average molecular weight is 341 g/mol. The Labute approximate surface area is 148 Å². The van der Waals surface area contributed by atoms with E-state index in [2.05, 4.69) is 24.9 Å². The zero-order valence-corrected chi connectivity index (χ0v) is 14.3. The van der Waals surface area contributed by atoms with E-state index in [1.54, 1.807) is 12.5 Å². The number of H-pyrrole nitrogens is 1. The first-order valence-electron chi connectivity index (χ1n) is 8.29. The molecule has 126 valence electrons. The minimum Gasteiger partial charge on any atom is -0.329 e. The number of nitrogens with zero attached hydrogens (tertiary/aromatic N) is 6. The molecule has 5 aromatic heterocycles. The summed E-state index contributed by atoms with van der Waals surface area (Å²) in [5.74, 6) is 1.28. The molecule has 5 rings (SSSR count). The molecule has 0 saturated carbocycles. The Balaban J connectivity index is 1.82. The number of hydrogen-bond acceptors (Lipinski definition) is 5. The summed E-state index contributed by atoms with van der Waals surface area (Å²) < 4.78 is 2.02. The molecule has 5 aromatic rings. The van der Waals surface area contributed by atoms with E-state index in [1.165, 1.54) is 0 Å². The molecule has 0 amide bonds. The predicted molar refractivity (Wildman–Crippen MR) is 99.0 cm³/mol. The van der Waals surface area contributed by atoms with Crippen molar-refractivity contribution >= 4 is 22.1 Å². The standard InChI is InChI=1S/C19H15N7/c1-11-4-3-5-14(23-11)17-24-18-16(21-10-22-18)19(25-17)26-9-7-13-12(2)20-8-6-15(13)26/h3-10H,1-2H3,(H,21,22,24,25). The lowest BCUT2D eigenvalue weighted by Gasteiger charge is -2.08. The van der Waals surface area contributed by atoms with Crippen LogP contribution in [0.15, 0.2) is 49.1 Å². The third-order valence-corrected chi connectivity index (χ3v) is 4.42. The Morgan fingerprint density at radius 3 is 2.77 bits per heavy atom. The first-order valence-corrected chi connectivity index (χ1v) is 8.29. The van der Waals surface area contributed by atoms with Gasteiger partial charge in [0.25, 0.3) is 0 Å². The normalized spacial score (nSPS) is 11.5. The highest BCUT2D eigenvalue weighted by Gasteiger charge is 2.16. The summed E-state index contributed by atoms with van der Waals surface area (Å²) in [6.07, 6.45) is 5.43. The highest BCUT2D eigenvalue weighted by Crippen LogP contribution is 2.26. The summed E-state index contributed by atoms with van der Waals surface area (Å²) in [6.45, 7) is 3.95. The Morgan fingerprint density at radius 2 is 1.88 bits per heavy atom. The Bertz CT molecular complexity index is 1270. The van der Waals surface area contributed by atoms with E-state index in [0.717, 1.165) is 33.8 Å². The molecule has 7 nitrogen and oxygen atoms in total. The number of rotatable bonds is 2. The summed E-state index contributed by atoms with van der Waals surface area (Å²) in [6, 6.07) is 9.85. The van der Waals surface area contributed by atoms with Crippen molar-refractivity contribution in [1.29, 1.82) is 0 Å². The summed E-state index contributed by atoms with van der Waals surface area (Å²) >= 11 is 0. The van der Waals surface area contributed by atoms with E-state index < -0.39 is 0 Å². The van der Waals surface area contributed by atoms with Crippen LogP contribution in [0.4, 0.5) is 0 Å². The molecule has 0 aliphatic heterocycles. The van der Waals surface area contributed by atoms with Crippen LogP contribution in [0.2, 0.25) is 0 Å². The summed E-state index contributed by atoms with van der Waals surface area (Å²) in [7, 11) is 0. The fourth-order valence-corrected chi connectivity index (χ4v) is 3.17. The van der Waals surface area contributed by atoms with E-state index >= 15 is 0 Å². The number of hydrogen-bond donors (Lipinski definition) is 1. The van der Waals surface area contributed by atoms with Gasteiger partial charge in [-0.05, 0) is 38.1 Å². The minimum absolute atomic E-state index is 0.563. The molecular weight excluding hydrogens is 326 g/mol. The molecule has 0 saturated heterocycles. The second kappa shape index (κ2) is 5.45. The lowest BCUT2D eigenvalue weighted by atomic mass is 10.2. The van der Waals surface area contributed by atoms with Gasteiger partial charge in [-0.25, -0.2) is 19.9 Å². The molecule has 5 heterocycles. The van der Waals surface area contributed by atoms with Crippen molar-refractivity contribution in [2.75, 3.05) is 0 Å². The van der Waals surface area contributed by atoms with Crippen LogP contribution >= 0.6 is 0 Å². The SMILES string of the molecule is Cc1cccc(-c2nc(-n3ccc4c(C)nccc43)c3nc[nH]c3n2)n1. The Hall–Kier alpha value is -3.61. The molecule has 0 bridgehead atoms. The zero-order chi connectivity index (χ0) is 17.7. The van der Waals surface area contributed by atoms with Gasteiger partial charge in [0.2, 0.25) is 0 Å². The van der Waals surface area contributed by atoms with Crippen LogP contribution in [0.3, 0.4) is 0 Å². The van der Waals surface area contributed by atoms with Gasteiger partial charge in [0, 0.05) is 29.2 Å². The molecule has 7 heteroatoms. The van der Waals surface area contributed by atoms with Crippen molar-refractivity contribution in [1.82, 2.24) is 34.5 Å². The van der Waals surface area contributed by atoms with Gasteiger partial charge in [0.1, 0.15) is 5.69 Å². The molecule has 0 unspecified atom stereocenters. The van der Waals surface area contributed by atoms with E-state index in [-0.39, 0.29) is 0 Å². The lowest BCUT2D eigenvalue weighted by molar-refractivity contribution is 1.02. The quantitative estimate of drug-likeness (QED) is 0.532. The van der Waals surface area contributed by atoms with Crippen LogP contribution in [0.25, 0.3) is 39.4 Å². The molecule has 0 aliphatic rings. The molecule has 0 spiro atoms. The number of pyridine rings is 2. The second-order valence-corrected chi connectivity index (χ2v) is 6.15. The van der Waals surface area contributed by atoms with Crippen molar-refractivity contribution in [2.24, 2.45) is 0 Å². The van der Waals surface area contributed by atoms with Crippen molar-refractivity contribution in [2.45, 2.75) is 13.8 Å². The smallest absolute Gasteiger partial charge is 0.182 e. The van der Waals surface area contributed by atoms with Crippen LogP contribution in [0.1, 0.15) is 11.4 Å². The first-order chi connectivity index (χ1) is 12.7. The van der Waals surface area contributed by atoms with Crippen molar-refractivity contribution in [3.8, 4) is 17.3 Å². The largest absolute Gasteiger partial charge is 0.329 e. The maximum Gasteiger partial charge on any atom is 0.182 e. The molecule has 0 atom stereocenters. The van der Waals surface area contributed by atoms with Crippen LogP contribution in [-0.4, -0.2) is 34.5 Å². The van der Waals surface area contributed by atoms with Crippen molar-refractivity contribution in [3.63, 3.8) is 0 Å². The molecule has 26 heavy (non-hydrogen) atoms. The Kier molecular flexibility index (Phi) is 3.08. The highest BCUT2D eigenvalue weighted by atomic mass is 15.1. The van der Waals surface area contributed by atoms with Crippen LogP contribution < -0.4 is 0 Å². The van der Waals surface area contributed by atoms with Crippen LogP contribution in [0, 0.1) is 13.8 Å². The summed E-state index contributed by atoms with van der Waals surface area (Å²) in [5, 5.41) is 1.09. The number of aromatic nitrogens is 7. The number of fused-ring (bicyclic) bond motifs is 2. The van der Waals surface area contributed by atoms with Gasteiger partial charge >= 0.3 is 0 Å². The molecular formula is C19H15N7. The molecule has 0 fully saturated rings. The monoisotopic (exact) mass is 341 g/mol. The number of nitrogens with one attached hydrogen (secondary N) is 1. The topological polar surface area (TPSA) is 85.2 Å². The predicted octanol–water partition coefficient (Wildman–Crippen LogP) is 3.37. The highest BCUT2D eigenvalue weighted by molar-refractivity contribution is 5.87. The van der Waals surface area contributed by atoms with Gasteiger partial charge in [-0.3, -0.25) is 9.55 Å². The maximum absolute atomic E-state index is 4.79. The second-order valence-electron chi connectivity index (χ2n) is 6.15. The van der Waals surface area contributed by atoms with Gasteiger partial charge in [-0.1, -0.05) is 6.07 Å². The van der Waals surface area contributed by atoms with Gasteiger partial charge in [-0.15, -0.1) is 0 Å². The summed E-state index contributed by atoms with van der Waals surface area (Å²) in [4.78, 5) is 25.8. The number of aromatic amines is 1. The molecule has 0 radical (unpaired) electrons. The third-order valence-electron chi connectivity index (χ3n) is 4.42. The number of imidazole rings is 1. The molecule has 0 aromatic carbocycles. The van der Waals surface area contributed by atoms with Crippen molar-refractivity contribution < 1.29 is 0 Å². The molecule has 0 aliphatic carbocycles. The lowest BCUT2D eigenvalue weighted by Crippen LogP contribution is -2.02. The van der Waals surface area contributed by atoms with Gasteiger partial charge in [0.05, 0.1) is 11.8 Å². The minimum atomic E-state index is 0.563. The Morgan fingerprint density at radius 1 is 0.962 bits per heavy atom. The van der Waals surface area contributed by atoms with E-state index in [9.17, 15) is 0 Å². The van der Waals surface area contributed by atoms with Gasteiger partial charge < -0.3 is 4.98 Å². The van der Waals surface area contributed by atoms with E-state index in [0.29, 0.717) is 17.0 Å². The van der Waals surface area contributed by atoms with Gasteiger partial charge in [-0.2, -0.15) is 0 Å². The summed E-state index contributed by atoms with van der Waals surface area (Å²) in [5.41, 5.74) is 5.06. The van der Waals surface area contributed by atoms with E-state index in [4.69, 9.17) is 4.98 Å². The van der Waals surface area contributed by atoms with Crippen molar-refractivity contribution in [3.05, 3.63) is 60.4 Å². The van der Waals surface area contributed by atoms with Gasteiger partial charge in [0.15, 0.2) is 22.8 Å². The zero-order valence-electron chi connectivity index (χ0n) is 14.3. The fourth-order valence-electron chi connectivity index (χ4n) is 3.17. The first kappa shape index (κ1) is 14.7. The maximum atomic E-state index is 4.79. The molecule has 1 N–H and O–H groups in total. The van der Waals surface area contributed by atoms with Crippen LogP contribution in [-0.2, 0) is 0 Å². The third kappa shape index (κ3) is 2.17. The average Bonchev–Trinajstić information content (AvgIpc) is 3.28.